The summed E-state index contributed by atoms with van der Waals surface area (Å²) in [6.07, 6.45) is 3.72. The Morgan fingerprint density at radius 3 is 1.56 bits per heavy atom. The van der Waals surface area contributed by atoms with E-state index in [2.05, 4.69) is 45.2 Å². The number of alkyl halides is 2. The van der Waals surface area contributed by atoms with Crippen LogP contribution < -0.4 is 0 Å². The van der Waals surface area contributed by atoms with Gasteiger partial charge in [-0.1, -0.05) is 45.2 Å². The number of nitrogens with zero attached hydrogens (tertiary/aromatic N) is 1. The number of hydrogen-bond acceptors (Lipinski definition) is 2. The minimum atomic E-state index is -0.318. The fourth-order valence-electron chi connectivity index (χ4n) is 4.92. The van der Waals surface area contributed by atoms with Crippen LogP contribution in [-0.2, 0) is 9.59 Å². The summed E-state index contributed by atoms with van der Waals surface area (Å²) in [5, 5.41) is 0. The average Bonchev–Trinajstić information content (AvgIpc) is 2.77. The minimum absolute atomic E-state index is 0.104. The zero-order chi connectivity index (χ0) is 11.6. The molecule has 5 rings (SSSR count). The van der Waals surface area contributed by atoms with Crippen LogP contribution >= 0.6 is 45.2 Å². The normalized spacial score (nSPS) is 61.6. The van der Waals surface area contributed by atoms with Crippen LogP contribution in [0.1, 0.15) is 25.7 Å². The highest BCUT2D eigenvalue weighted by Gasteiger charge is 2.90. The van der Waals surface area contributed by atoms with E-state index in [4.69, 9.17) is 0 Å². The van der Waals surface area contributed by atoms with E-state index in [-0.39, 0.29) is 29.5 Å². The Balaban J connectivity index is 2.03. The Kier molecular flexibility index (Phi) is 1.55. The molecule has 0 unspecified atom stereocenters. The Labute approximate surface area is 121 Å². The fourth-order valence-corrected chi connectivity index (χ4v) is 8.29. The van der Waals surface area contributed by atoms with E-state index >= 15 is 0 Å². The van der Waals surface area contributed by atoms with Crippen LogP contribution in [0.15, 0.2) is 0 Å². The molecule has 4 aliphatic carbocycles. The molecule has 1 heterocycles. The molecule has 1 aliphatic heterocycles. The first-order chi connectivity index (χ1) is 7.30. The Bertz CT molecular complexity index is 419. The summed E-state index contributed by atoms with van der Waals surface area (Å²) in [5.41, 5.74) is -0.636. The fraction of sp³-hybridized carbons (Fsp3) is 0.818. The molecule has 0 aromatic heterocycles. The zero-order valence-corrected chi connectivity index (χ0v) is 13.2. The number of carbonyl (C=O) groups excluding carboxylic acids is 2. The molecule has 4 saturated carbocycles. The van der Waals surface area contributed by atoms with Crippen LogP contribution in [0.2, 0.25) is 0 Å². The summed E-state index contributed by atoms with van der Waals surface area (Å²) in [5.74, 6) is 0.208. The lowest BCUT2D eigenvalue weighted by Gasteiger charge is -2.29. The number of likely N-dealkylation sites (tertiary alicyclic amines) is 1. The maximum absolute atomic E-state index is 12.4. The van der Waals surface area contributed by atoms with Gasteiger partial charge in [0.15, 0.2) is 0 Å². The summed E-state index contributed by atoms with van der Waals surface area (Å²) in [6, 6.07) is 0. The van der Waals surface area contributed by atoms with E-state index in [1.165, 1.54) is 4.90 Å². The van der Waals surface area contributed by atoms with Crippen molar-refractivity contribution in [2.24, 2.45) is 10.8 Å². The summed E-state index contributed by atoms with van der Waals surface area (Å²) in [7, 11) is 1.66. The smallest absolute Gasteiger partial charge is 0.236 e. The summed E-state index contributed by atoms with van der Waals surface area (Å²) in [4.78, 5) is 26.2. The molecular formula is C11H11I2NO2. The van der Waals surface area contributed by atoms with Crippen molar-refractivity contribution >= 4 is 57.0 Å². The lowest BCUT2D eigenvalue weighted by molar-refractivity contribution is -0.140. The molecular weight excluding hydrogens is 432 g/mol. The third kappa shape index (κ3) is 0.689. The highest BCUT2D eigenvalue weighted by molar-refractivity contribution is 14.1. The number of halogens is 2. The van der Waals surface area contributed by atoms with Gasteiger partial charge in [0.1, 0.15) is 0 Å². The summed E-state index contributed by atoms with van der Waals surface area (Å²) >= 11 is 5.06. The molecule has 86 valence electrons. The van der Waals surface area contributed by atoms with E-state index in [1.54, 1.807) is 7.05 Å². The molecule has 16 heavy (non-hydrogen) atoms. The van der Waals surface area contributed by atoms with Gasteiger partial charge in [-0.15, -0.1) is 0 Å². The van der Waals surface area contributed by atoms with Crippen LogP contribution in [-0.4, -0.2) is 30.6 Å². The van der Waals surface area contributed by atoms with Gasteiger partial charge in [0.25, 0.3) is 0 Å². The highest BCUT2D eigenvalue weighted by Crippen LogP contribution is 2.86. The topological polar surface area (TPSA) is 37.4 Å². The van der Waals surface area contributed by atoms with Crippen LogP contribution in [0.5, 0.6) is 0 Å². The molecule has 3 nitrogen and oxygen atoms in total. The molecule has 0 N–H and O–H groups in total. The van der Waals surface area contributed by atoms with Gasteiger partial charge in [-0.3, -0.25) is 14.5 Å². The number of carbonyl (C=O) groups is 2. The molecule has 0 radical (unpaired) electrons. The van der Waals surface area contributed by atoms with Gasteiger partial charge in [0.05, 0.1) is 10.8 Å². The number of rotatable bonds is 0. The van der Waals surface area contributed by atoms with Crippen molar-refractivity contribution in [1.82, 2.24) is 4.90 Å². The van der Waals surface area contributed by atoms with Gasteiger partial charge < -0.3 is 0 Å². The Morgan fingerprint density at radius 1 is 0.938 bits per heavy atom. The molecule has 0 aromatic rings. The van der Waals surface area contributed by atoms with Gasteiger partial charge in [-0.25, -0.2) is 0 Å². The molecule has 0 aromatic carbocycles. The second kappa shape index (κ2) is 2.35. The van der Waals surface area contributed by atoms with E-state index in [9.17, 15) is 9.59 Å². The lowest BCUT2D eigenvalue weighted by Crippen LogP contribution is -2.35. The maximum atomic E-state index is 12.4. The zero-order valence-electron chi connectivity index (χ0n) is 8.85. The van der Waals surface area contributed by atoms with E-state index in [1.807, 2.05) is 0 Å². The standard InChI is InChI=1S/C11H11I2NO2/c1-14-6(15)8-2-10(12)4-9(8,7(14)16)5-11(10,13)3-8/h2-5H2,1H3. The number of hydrogen-bond donors (Lipinski definition) is 0. The van der Waals surface area contributed by atoms with E-state index in [0.717, 1.165) is 25.7 Å². The van der Waals surface area contributed by atoms with Crippen molar-refractivity contribution in [2.75, 3.05) is 7.05 Å². The van der Waals surface area contributed by atoms with Crippen molar-refractivity contribution in [2.45, 2.75) is 32.5 Å². The predicted octanol–water partition coefficient (Wildman–Crippen LogP) is 1.91. The average molecular weight is 443 g/mol. The lowest BCUT2D eigenvalue weighted by atomic mass is 9.70. The van der Waals surface area contributed by atoms with Gasteiger partial charge in [-0.05, 0) is 25.7 Å². The quantitative estimate of drug-likeness (QED) is 0.326. The predicted molar refractivity (Wildman–Crippen MR) is 74.6 cm³/mol. The Hall–Kier alpha value is 0.600. The SMILES string of the molecule is CN1C(=O)C23CC4(I)CC2(CC4(I)C3)C1=O. The number of imide groups is 1. The van der Waals surface area contributed by atoms with Crippen molar-refractivity contribution in [3.05, 3.63) is 0 Å². The summed E-state index contributed by atoms with van der Waals surface area (Å²) in [6.45, 7) is 0. The van der Waals surface area contributed by atoms with Crippen LogP contribution in [0.25, 0.3) is 0 Å². The van der Waals surface area contributed by atoms with Gasteiger partial charge in [0, 0.05) is 13.9 Å². The molecule has 5 aliphatic rings. The first kappa shape index (κ1) is 10.5. The molecule has 2 amide bonds. The molecule has 5 heteroatoms. The first-order valence-electron chi connectivity index (χ1n) is 5.51. The molecule has 0 atom stereocenters. The molecule has 5 fully saturated rings. The van der Waals surface area contributed by atoms with Crippen molar-refractivity contribution in [3.8, 4) is 0 Å². The van der Waals surface area contributed by atoms with E-state index in [0.29, 0.717) is 0 Å². The monoisotopic (exact) mass is 443 g/mol. The first-order valence-corrected chi connectivity index (χ1v) is 7.67. The Morgan fingerprint density at radius 2 is 1.25 bits per heavy atom. The second-order valence-electron chi connectivity index (χ2n) is 5.97. The van der Waals surface area contributed by atoms with Crippen molar-refractivity contribution in [1.29, 1.82) is 0 Å². The molecule has 1 saturated heterocycles. The van der Waals surface area contributed by atoms with Crippen LogP contribution in [0, 0.1) is 10.8 Å². The molecule has 2 spiro atoms. The van der Waals surface area contributed by atoms with E-state index < -0.39 is 0 Å². The van der Waals surface area contributed by atoms with Crippen molar-refractivity contribution < 1.29 is 9.59 Å². The van der Waals surface area contributed by atoms with Gasteiger partial charge in [0.2, 0.25) is 11.8 Å². The highest BCUT2D eigenvalue weighted by atomic mass is 127. The minimum Gasteiger partial charge on any atom is -0.285 e. The third-order valence-electron chi connectivity index (χ3n) is 5.47. The maximum Gasteiger partial charge on any atom is 0.236 e. The van der Waals surface area contributed by atoms with Crippen LogP contribution in [0.3, 0.4) is 0 Å². The van der Waals surface area contributed by atoms with Crippen LogP contribution in [0.4, 0.5) is 0 Å². The van der Waals surface area contributed by atoms with Gasteiger partial charge >= 0.3 is 0 Å². The van der Waals surface area contributed by atoms with Crippen molar-refractivity contribution in [3.63, 3.8) is 0 Å². The second-order valence-corrected chi connectivity index (χ2v) is 10.1. The molecule has 4 bridgehead atoms. The largest absolute Gasteiger partial charge is 0.285 e. The third-order valence-corrected chi connectivity index (χ3v) is 10.1. The number of amides is 2. The van der Waals surface area contributed by atoms with Gasteiger partial charge in [-0.2, -0.15) is 0 Å². The summed E-state index contributed by atoms with van der Waals surface area (Å²) < 4.78 is 0.385.